The number of pyridine rings is 1. The van der Waals surface area contributed by atoms with E-state index in [2.05, 4.69) is 11.9 Å². The lowest BCUT2D eigenvalue weighted by molar-refractivity contribution is 0.118. The third kappa shape index (κ3) is 2.99. The highest BCUT2D eigenvalue weighted by Gasteiger charge is 2.05. The second-order valence-electron chi connectivity index (χ2n) is 4.40. The number of ether oxygens (including phenoxy) is 1. The van der Waals surface area contributed by atoms with Crippen molar-refractivity contribution in [3.63, 3.8) is 0 Å². The molecule has 1 N–H and O–H groups in total. The largest absolute Gasteiger partial charge is 0.506 e. The Hall–Kier alpha value is -1.61. The van der Waals surface area contributed by atoms with Crippen LogP contribution >= 0.6 is 0 Å². The Bertz CT molecular complexity index is 511. The number of aromatic hydroxyl groups is 1. The molecule has 96 valence electrons. The maximum absolute atomic E-state index is 9.73. The first-order valence-corrected chi connectivity index (χ1v) is 6.46. The van der Waals surface area contributed by atoms with E-state index in [0.29, 0.717) is 12.1 Å². The minimum Gasteiger partial charge on any atom is -0.506 e. The summed E-state index contributed by atoms with van der Waals surface area (Å²) in [5, 5.41) is 10.7. The molecular formula is C15H19NO2. The van der Waals surface area contributed by atoms with Gasteiger partial charge in [0.05, 0.1) is 6.61 Å². The molecule has 0 amide bonds. The van der Waals surface area contributed by atoms with Crippen molar-refractivity contribution in [3.8, 4) is 5.75 Å². The number of fused-ring (bicyclic) bond motifs is 1. The highest BCUT2D eigenvalue weighted by atomic mass is 16.5. The fourth-order valence-corrected chi connectivity index (χ4v) is 1.98. The van der Waals surface area contributed by atoms with Crippen molar-refractivity contribution >= 4 is 10.9 Å². The van der Waals surface area contributed by atoms with Crippen LogP contribution in [0, 0.1) is 0 Å². The average Bonchev–Trinajstić information content (AvgIpc) is 2.41. The number of hydrogen-bond acceptors (Lipinski definition) is 3. The van der Waals surface area contributed by atoms with Crippen molar-refractivity contribution in [2.24, 2.45) is 0 Å². The van der Waals surface area contributed by atoms with Crippen LogP contribution in [0.15, 0.2) is 30.5 Å². The summed E-state index contributed by atoms with van der Waals surface area (Å²) in [7, 11) is 0. The van der Waals surface area contributed by atoms with E-state index in [0.717, 1.165) is 24.0 Å². The van der Waals surface area contributed by atoms with Gasteiger partial charge >= 0.3 is 0 Å². The van der Waals surface area contributed by atoms with Crippen LogP contribution in [0.3, 0.4) is 0 Å². The Morgan fingerprint density at radius 3 is 2.94 bits per heavy atom. The van der Waals surface area contributed by atoms with Gasteiger partial charge in [-0.15, -0.1) is 0 Å². The number of unbranched alkanes of at least 4 members (excludes halogenated alkanes) is 2. The van der Waals surface area contributed by atoms with Gasteiger partial charge < -0.3 is 9.84 Å². The number of rotatable bonds is 6. The minimum absolute atomic E-state index is 0.223. The molecule has 2 aromatic rings. The summed E-state index contributed by atoms with van der Waals surface area (Å²) in [6, 6.07) is 7.42. The van der Waals surface area contributed by atoms with E-state index < -0.39 is 0 Å². The maximum atomic E-state index is 9.73. The summed E-state index contributed by atoms with van der Waals surface area (Å²) in [6.07, 6.45) is 5.20. The molecule has 1 heterocycles. The van der Waals surface area contributed by atoms with E-state index in [4.69, 9.17) is 4.74 Å². The fraction of sp³-hybridized carbons (Fsp3) is 0.400. The van der Waals surface area contributed by atoms with Crippen molar-refractivity contribution in [1.82, 2.24) is 4.98 Å². The number of nitrogens with zero attached hydrogens (tertiary/aromatic N) is 1. The number of phenols is 1. The Kier molecular flexibility index (Phi) is 4.53. The normalized spacial score (nSPS) is 10.9. The van der Waals surface area contributed by atoms with Crippen LogP contribution < -0.4 is 0 Å². The van der Waals surface area contributed by atoms with E-state index in [1.54, 1.807) is 12.3 Å². The molecule has 3 nitrogen and oxygen atoms in total. The van der Waals surface area contributed by atoms with Gasteiger partial charge in [0.1, 0.15) is 11.3 Å². The number of aromatic nitrogens is 1. The summed E-state index contributed by atoms with van der Waals surface area (Å²) in [5.41, 5.74) is 1.72. The van der Waals surface area contributed by atoms with Gasteiger partial charge in [0.25, 0.3) is 0 Å². The molecule has 0 bridgehead atoms. The second kappa shape index (κ2) is 6.36. The van der Waals surface area contributed by atoms with Crippen molar-refractivity contribution in [1.29, 1.82) is 0 Å². The lowest BCUT2D eigenvalue weighted by Gasteiger charge is -2.08. The monoisotopic (exact) mass is 245 g/mol. The summed E-state index contributed by atoms with van der Waals surface area (Å²) in [6.45, 7) is 3.54. The molecule has 0 saturated carbocycles. The summed E-state index contributed by atoms with van der Waals surface area (Å²) in [5.74, 6) is 0.223. The Morgan fingerprint density at radius 2 is 2.11 bits per heavy atom. The molecule has 0 fully saturated rings. The zero-order chi connectivity index (χ0) is 12.8. The van der Waals surface area contributed by atoms with Crippen molar-refractivity contribution in [2.45, 2.75) is 32.8 Å². The van der Waals surface area contributed by atoms with Gasteiger partial charge in [0, 0.05) is 18.2 Å². The SMILES string of the molecule is CCCCCOCc1ccc(O)c2ncccc12. The number of phenolic OH excluding ortho intramolecular Hbond substituents is 1. The van der Waals surface area contributed by atoms with Crippen LogP contribution in [-0.4, -0.2) is 16.7 Å². The van der Waals surface area contributed by atoms with Crippen LogP contribution in [-0.2, 0) is 11.3 Å². The van der Waals surface area contributed by atoms with Crippen molar-refractivity contribution in [3.05, 3.63) is 36.0 Å². The zero-order valence-electron chi connectivity index (χ0n) is 10.7. The summed E-state index contributed by atoms with van der Waals surface area (Å²) >= 11 is 0. The van der Waals surface area contributed by atoms with Crippen LogP contribution in [0.25, 0.3) is 10.9 Å². The third-order valence-electron chi connectivity index (χ3n) is 2.99. The lowest BCUT2D eigenvalue weighted by Crippen LogP contribution is -1.96. The first-order valence-electron chi connectivity index (χ1n) is 6.46. The Labute approximate surface area is 107 Å². The van der Waals surface area contributed by atoms with Gasteiger partial charge in [-0.2, -0.15) is 0 Å². The first kappa shape index (κ1) is 12.8. The zero-order valence-corrected chi connectivity index (χ0v) is 10.7. The highest BCUT2D eigenvalue weighted by Crippen LogP contribution is 2.25. The minimum atomic E-state index is 0.223. The lowest BCUT2D eigenvalue weighted by atomic mass is 10.1. The van der Waals surface area contributed by atoms with Gasteiger partial charge in [0.2, 0.25) is 0 Å². The van der Waals surface area contributed by atoms with E-state index >= 15 is 0 Å². The van der Waals surface area contributed by atoms with Gasteiger partial charge in [0.15, 0.2) is 0 Å². The fourth-order valence-electron chi connectivity index (χ4n) is 1.98. The van der Waals surface area contributed by atoms with E-state index in [-0.39, 0.29) is 5.75 Å². The van der Waals surface area contributed by atoms with Crippen LogP contribution in [0.2, 0.25) is 0 Å². The maximum Gasteiger partial charge on any atom is 0.141 e. The molecule has 0 unspecified atom stereocenters. The first-order chi connectivity index (χ1) is 8.83. The van der Waals surface area contributed by atoms with E-state index in [1.807, 2.05) is 18.2 Å². The second-order valence-corrected chi connectivity index (χ2v) is 4.40. The molecule has 3 heteroatoms. The molecule has 0 saturated heterocycles. The smallest absolute Gasteiger partial charge is 0.141 e. The van der Waals surface area contributed by atoms with E-state index in [9.17, 15) is 5.11 Å². The molecule has 0 radical (unpaired) electrons. The molecule has 0 aliphatic rings. The Morgan fingerprint density at radius 1 is 1.22 bits per heavy atom. The average molecular weight is 245 g/mol. The molecule has 0 aliphatic heterocycles. The van der Waals surface area contributed by atoms with Gasteiger partial charge in [-0.1, -0.05) is 31.9 Å². The topological polar surface area (TPSA) is 42.4 Å². The van der Waals surface area contributed by atoms with Gasteiger partial charge in [-0.25, -0.2) is 0 Å². The van der Waals surface area contributed by atoms with Crippen LogP contribution in [0.5, 0.6) is 5.75 Å². The molecule has 0 aliphatic carbocycles. The quantitative estimate of drug-likeness (QED) is 0.790. The standard InChI is InChI=1S/C15H19NO2/c1-2-3-4-10-18-11-12-7-8-14(17)15-13(12)6-5-9-16-15/h5-9,17H,2-4,10-11H2,1H3. The van der Waals surface area contributed by atoms with Gasteiger partial charge in [-0.05, 0) is 24.1 Å². The summed E-state index contributed by atoms with van der Waals surface area (Å²) in [4.78, 5) is 4.19. The van der Waals surface area contributed by atoms with Crippen molar-refractivity contribution < 1.29 is 9.84 Å². The molecule has 1 aromatic heterocycles. The third-order valence-corrected chi connectivity index (χ3v) is 2.99. The molecule has 0 spiro atoms. The Balaban J connectivity index is 2.07. The predicted octanol–water partition coefficient (Wildman–Crippen LogP) is 3.65. The van der Waals surface area contributed by atoms with E-state index in [1.165, 1.54) is 12.8 Å². The number of benzene rings is 1. The predicted molar refractivity (Wildman–Crippen MR) is 72.6 cm³/mol. The molecular weight excluding hydrogens is 226 g/mol. The molecule has 18 heavy (non-hydrogen) atoms. The highest BCUT2D eigenvalue weighted by molar-refractivity contribution is 5.86. The molecule has 2 rings (SSSR count). The molecule has 0 atom stereocenters. The van der Waals surface area contributed by atoms with Crippen molar-refractivity contribution in [2.75, 3.05) is 6.61 Å². The molecule has 1 aromatic carbocycles. The van der Waals surface area contributed by atoms with Gasteiger partial charge in [-0.3, -0.25) is 4.98 Å². The summed E-state index contributed by atoms with van der Waals surface area (Å²) < 4.78 is 5.66. The van der Waals surface area contributed by atoms with Crippen LogP contribution in [0.1, 0.15) is 31.7 Å². The van der Waals surface area contributed by atoms with Crippen LogP contribution in [0.4, 0.5) is 0 Å². The number of hydrogen-bond donors (Lipinski definition) is 1.